The van der Waals surface area contributed by atoms with Crippen molar-refractivity contribution >= 4 is 23.1 Å². The molecule has 0 bridgehead atoms. The van der Waals surface area contributed by atoms with E-state index in [1.54, 1.807) is 0 Å². The highest BCUT2D eigenvalue weighted by Gasteiger charge is 2.29. The minimum absolute atomic E-state index is 0.0694. The molecule has 0 fully saturated rings. The van der Waals surface area contributed by atoms with Gasteiger partial charge in [0.2, 0.25) is 5.91 Å². The van der Waals surface area contributed by atoms with Gasteiger partial charge >= 0.3 is 6.18 Å². The van der Waals surface area contributed by atoms with Gasteiger partial charge < -0.3 is 11.1 Å². The summed E-state index contributed by atoms with van der Waals surface area (Å²) in [6, 6.07) is 4.55. The van der Waals surface area contributed by atoms with Gasteiger partial charge in [0.15, 0.2) is 0 Å². The van der Waals surface area contributed by atoms with Crippen molar-refractivity contribution in [3.05, 3.63) is 35.4 Å². The number of benzene rings is 1. The summed E-state index contributed by atoms with van der Waals surface area (Å²) in [5, 5.41) is 2.50. The second kappa shape index (κ2) is 5.81. The fraction of sp³-hybridized carbons (Fsp3) is 0.273. The third-order valence-corrected chi connectivity index (χ3v) is 2.25. The van der Waals surface area contributed by atoms with E-state index in [4.69, 9.17) is 5.73 Å². The maximum Gasteiger partial charge on any atom is 0.416 e. The Bertz CT molecular complexity index is 443. The quantitative estimate of drug-likeness (QED) is 0.827. The molecular weight excluding hydrogens is 265 g/mol. The predicted octanol–water partition coefficient (Wildman–Crippen LogP) is 2.00. The molecule has 7 heteroatoms. The first kappa shape index (κ1) is 14.4. The maximum absolute atomic E-state index is 12.3. The van der Waals surface area contributed by atoms with Crippen molar-refractivity contribution in [3.8, 4) is 0 Å². The molecule has 3 N–H and O–H groups in total. The Kier molecular flexibility index (Phi) is 4.66. The fourth-order valence-corrected chi connectivity index (χ4v) is 1.36. The van der Waals surface area contributed by atoms with Crippen LogP contribution in [0, 0.1) is 0 Å². The van der Waals surface area contributed by atoms with Crippen LogP contribution in [0.3, 0.4) is 0 Å². The van der Waals surface area contributed by atoms with E-state index in [2.05, 4.69) is 17.5 Å². The molecule has 1 rings (SSSR count). The SMILES string of the molecule is NC(=S)CC(=O)NCc1ccc(C(F)(F)F)cc1. The van der Waals surface area contributed by atoms with Crippen molar-refractivity contribution in [2.24, 2.45) is 5.73 Å². The van der Waals surface area contributed by atoms with Crippen molar-refractivity contribution in [3.63, 3.8) is 0 Å². The highest BCUT2D eigenvalue weighted by atomic mass is 32.1. The number of alkyl halides is 3. The number of hydrogen-bond donors (Lipinski definition) is 2. The number of hydrogen-bond acceptors (Lipinski definition) is 2. The summed E-state index contributed by atoms with van der Waals surface area (Å²) in [4.78, 5) is 11.3. The Hall–Kier alpha value is -1.63. The van der Waals surface area contributed by atoms with Gasteiger partial charge in [0, 0.05) is 6.54 Å². The van der Waals surface area contributed by atoms with Crippen molar-refractivity contribution in [1.29, 1.82) is 0 Å². The van der Waals surface area contributed by atoms with Gasteiger partial charge in [0.05, 0.1) is 17.0 Å². The summed E-state index contributed by atoms with van der Waals surface area (Å²) in [6.45, 7) is 0.138. The van der Waals surface area contributed by atoms with Gasteiger partial charge in [0.25, 0.3) is 0 Å². The smallest absolute Gasteiger partial charge is 0.393 e. The van der Waals surface area contributed by atoms with Crippen LogP contribution in [-0.4, -0.2) is 10.9 Å². The van der Waals surface area contributed by atoms with Crippen LogP contribution < -0.4 is 11.1 Å². The molecule has 3 nitrogen and oxygen atoms in total. The van der Waals surface area contributed by atoms with Gasteiger partial charge in [-0.05, 0) is 17.7 Å². The molecule has 0 unspecified atom stereocenters. The van der Waals surface area contributed by atoms with Gasteiger partial charge in [-0.15, -0.1) is 0 Å². The molecule has 0 aliphatic rings. The minimum atomic E-state index is -4.35. The standard InChI is InChI=1S/C11H11F3N2OS/c12-11(13,14)8-3-1-7(2-4-8)6-16-10(17)5-9(15)18/h1-4H,5-6H2,(H2,15,18)(H,16,17). The van der Waals surface area contributed by atoms with E-state index in [0.29, 0.717) is 5.56 Å². The summed E-state index contributed by atoms with van der Waals surface area (Å²) in [5.74, 6) is -0.359. The summed E-state index contributed by atoms with van der Waals surface area (Å²) in [6.07, 6.45) is -4.43. The molecule has 98 valence electrons. The molecule has 0 spiro atoms. The molecule has 0 heterocycles. The predicted molar refractivity (Wildman–Crippen MR) is 64.7 cm³/mol. The second-order valence-corrected chi connectivity index (χ2v) is 4.14. The number of halogens is 3. The molecule has 0 radical (unpaired) electrons. The third kappa shape index (κ3) is 4.70. The minimum Gasteiger partial charge on any atom is -0.393 e. The molecule has 1 aromatic carbocycles. The highest BCUT2D eigenvalue weighted by Crippen LogP contribution is 2.28. The van der Waals surface area contributed by atoms with E-state index >= 15 is 0 Å². The summed E-state index contributed by atoms with van der Waals surface area (Å²) in [5.41, 5.74) is 5.02. The first-order valence-electron chi connectivity index (χ1n) is 5.00. The number of thiocarbonyl (C=S) groups is 1. The average molecular weight is 276 g/mol. The topological polar surface area (TPSA) is 55.1 Å². The average Bonchev–Trinajstić information content (AvgIpc) is 2.25. The number of nitrogens with two attached hydrogens (primary N) is 1. The zero-order valence-electron chi connectivity index (χ0n) is 9.25. The van der Waals surface area contributed by atoms with Crippen LogP contribution in [0.15, 0.2) is 24.3 Å². The normalized spacial score (nSPS) is 11.1. The maximum atomic E-state index is 12.3. The molecule has 0 aromatic heterocycles. The van der Waals surface area contributed by atoms with E-state index in [1.807, 2.05) is 0 Å². The summed E-state index contributed by atoms with van der Waals surface area (Å²) >= 11 is 4.55. The van der Waals surface area contributed by atoms with Crippen LogP contribution >= 0.6 is 12.2 Å². The molecule has 1 aromatic rings. The van der Waals surface area contributed by atoms with E-state index in [-0.39, 0.29) is 23.9 Å². The number of carbonyl (C=O) groups is 1. The lowest BCUT2D eigenvalue weighted by Crippen LogP contribution is -2.27. The van der Waals surface area contributed by atoms with Gasteiger partial charge in [-0.2, -0.15) is 13.2 Å². The van der Waals surface area contributed by atoms with Crippen LogP contribution in [0.2, 0.25) is 0 Å². The Morgan fingerprint density at radius 1 is 1.28 bits per heavy atom. The third-order valence-electron chi connectivity index (χ3n) is 2.11. The van der Waals surface area contributed by atoms with Crippen molar-refractivity contribution < 1.29 is 18.0 Å². The van der Waals surface area contributed by atoms with Gasteiger partial charge in [-0.25, -0.2) is 0 Å². The van der Waals surface area contributed by atoms with Crippen LogP contribution in [-0.2, 0) is 17.5 Å². The molecule has 0 aliphatic carbocycles. The molecule has 1 amide bonds. The van der Waals surface area contributed by atoms with Crippen molar-refractivity contribution in [1.82, 2.24) is 5.32 Å². The molecule has 0 saturated carbocycles. The van der Waals surface area contributed by atoms with Crippen molar-refractivity contribution in [2.45, 2.75) is 19.1 Å². The largest absolute Gasteiger partial charge is 0.416 e. The molecule has 0 aliphatic heterocycles. The Morgan fingerprint density at radius 2 is 1.83 bits per heavy atom. The summed E-state index contributed by atoms with van der Waals surface area (Å²) < 4.78 is 36.8. The lowest BCUT2D eigenvalue weighted by Gasteiger charge is -2.08. The Balaban J connectivity index is 2.54. The molecular formula is C11H11F3N2OS. The lowest BCUT2D eigenvalue weighted by atomic mass is 10.1. The van der Waals surface area contributed by atoms with Crippen LogP contribution in [0.4, 0.5) is 13.2 Å². The van der Waals surface area contributed by atoms with Gasteiger partial charge in [-0.3, -0.25) is 4.79 Å². The molecule has 0 saturated heterocycles. The van der Waals surface area contributed by atoms with E-state index in [0.717, 1.165) is 12.1 Å². The van der Waals surface area contributed by atoms with E-state index in [9.17, 15) is 18.0 Å². The van der Waals surface area contributed by atoms with Crippen LogP contribution in [0.25, 0.3) is 0 Å². The first-order chi connectivity index (χ1) is 8.29. The number of nitrogens with one attached hydrogen (secondary N) is 1. The number of carbonyl (C=O) groups excluding carboxylic acids is 1. The van der Waals surface area contributed by atoms with Gasteiger partial charge in [-0.1, -0.05) is 24.4 Å². The fourth-order valence-electron chi connectivity index (χ4n) is 1.23. The van der Waals surface area contributed by atoms with Crippen LogP contribution in [0.5, 0.6) is 0 Å². The van der Waals surface area contributed by atoms with Crippen molar-refractivity contribution in [2.75, 3.05) is 0 Å². The van der Waals surface area contributed by atoms with Gasteiger partial charge in [0.1, 0.15) is 0 Å². The lowest BCUT2D eigenvalue weighted by molar-refractivity contribution is -0.137. The molecule has 0 atom stereocenters. The highest BCUT2D eigenvalue weighted by molar-refractivity contribution is 7.80. The van der Waals surface area contributed by atoms with E-state index < -0.39 is 11.7 Å². The number of amides is 1. The first-order valence-corrected chi connectivity index (χ1v) is 5.41. The Labute approximate surface area is 107 Å². The van der Waals surface area contributed by atoms with E-state index in [1.165, 1.54) is 12.1 Å². The van der Waals surface area contributed by atoms with Crippen LogP contribution in [0.1, 0.15) is 17.5 Å². The Morgan fingerprint density at radius 3 is 2.28 bits per heavy atom. The monoisotopic (exact) mass is 276 g/mol. The second-order valence-electron chi connectivity index (χ2n) is 3.61. The summed E-state index contributed by atoms with van der Waals surface area (Å²) in [7, 11) is 0. The zero-order chi connectivity index (χ0) is 13.8. The zero-order valence-corrected chi connectivity index (χ0v) is 10.1. The molecule has 18 heavy (non-hydrogen) atoms. The number of rotatable bonds is 4.